The third-order valence-corrected chi connectivity index (χ3v) is 2.71. The molecule has 0 amide bonds. The lowest BCUT2D eigenvalue weighted by Crippen LogP contribution is -1.89. The molecular formula is C15H15N3O. The van der Waals surface area contributed by atoms with Crippen molar-refractivity contribution in [3.8, 4) is 0 Å². The molecule has 19 heavy (non-hydrogen) atoms. The van der Waals surface area contributed by atoms with Gasteiger partial charge in [-0.1, -0.05) is 0 Å². The molecule has 0 saturated carbocycles. The zero-order chi connectivity index (χ0) is 13.7. The Bertz CT molecular complexity index is 586. The van der Waals surface area contributed by atoms with E-state index in [1.165, 1.54) is 0 Å². The van der Waals surface area contributed by atoms with E-state index in [2.05, 4.69) is 15.5 Å². The Morgan fingerprint density at radius 3 is 1.79 bits per heavy atom. The smallest absolute Gasteiger partial charge is 0.159 e. The van der Waals surface area contributed by atoms with Crippen LogP contribution in [0.1, 0.15) is 17.3 Å². The van der Waals surface area contributed by atoms with Crippen LogP contribution in [0.3, 0.4) is 0 Å². The first-order valence-electron chi connectivity index (χ1n) is 5.99. The third-order valence-electron chi connectivity index (χ3n) is 2.71. The minimum Gasteiger partial charge on any atom is -0.388 e. The maximum absolute atomic E-state index is 11.1. The van der Waals surface area contributed by atoms with Crippen LogP contribution in [0.4, 0.5) is 17.1 Å². The molecule has 4 heteroatoms. The molecule has 0 aliphatic rings. The Morgan fingerprint density at radius 2 is 1.37 bits per heavy atom. The summed E-state index contributed by atoms with van der Waals surface area (Å²) in [5.41, 5.74) is 3.22. The summed E-state index contributed by atoms with van der Waals surface area (Å²) in [6.45, 7) is 1.54. The van der Waals surface area contributed by atoms with Crippen LogP contribution in [0.5, 0.6) is 0 Å². The molecule has 0 bridgehead atoms. The summed E-state index contributed by atoms with van der Waals surface area (Å²) in [4.78, 5) is 11.1. The van der Waals surface area contributed by atoms with Crippen LogP contribution in [0.25, 0.3) is 0 Å². The number of rotatable bonds is 4. The lowest BCUT2D eigenvalue weighted by Gasteiger charge is -1.99. The monoisotopic (exact) mass is 253 g/mol. The molecule has 0 aromatic heterocycles. The first-order chi connectivity index (χ1) is 9.19. The fraction of sp³-hybridized carbons (Fsp3) is 0.133. The number of nitrogens with zero attached hydrogens (tertiary/aromatic N) is 2. The van der Waals surface area contributed by atoms with E-state index < -0.39 is 0 Å². The van der Waals surface area contributed by atoms with Crippen molar-refractivity contribution < 1.29 is 4.79 Å². The van der Waals surface area contributed by atoms with Crippen LogP contribution >= 0.6 is 0 Å². The molecule has 2 aromatic carbocycles. The zero-order valence-electron chi connectivity index (χ0n) is 10.9. The average Bonchev–Trinajstić information content (AvgIpc) is 2.46. The van der Waals surface area contributed by atoms with Gasteiger partial charge in [-0.05, 0) is 55.5 Å². The first-order valence-corrected chi connectivity index (χ1v) is 5.99. The quantitative estimate of drug-likeness (QED) is 0.650. The number of ketones is 1. The molecule has 2 aromatic rings. The number of nitrogens with one attached hydrogen (secondary N) is 1. The third kappa shape index (κ3) is 3.48. The van der Waals surface area contributed by atoms with Gasteiger partial charge in [-0.2, -0.15) is 10.2 Å². The predicted molar refractivity (Wildman–Crippen MR) is 76.6 cm³/mol. The number of benzene rings is 2. The molecule has 0 aliphatic carbocycles. The van der Waals surface area contributed by atoms with Gasteiger partial charge in [0.1, 0.15) is 0 Å². The summed E-state index contributed by atoms with van der Waals surface area (Å²) in [5.74, 6) is 0.0474. The Kier molecular flexibility index (Phi) is 4.03. The van der Waals surface area contributed by atoms with Crippen molar-refractivity contribution in [1.29, 1.82) is 0 Å². The molecule has 0 fully saturated rings. The number of hydrogen-bond donors (Lipinski definition) is 1. The van der Waals surface area contributed by atoms with E-state index in [1.54, 1.807) is 31.2 Å². The van der Waals surface area contributed by atoms with Gasteiger partial charge in [-0.25, -0.2) is 0 Å². The van der Waals surface area contributed by atoms with Gasteiger partial charge in [0, 0.05) is 18.3 Å². The highest BCUT2D eigenvalue weighted by molar-refractivity contribution is 5.94. The van der Waals surface area contributed by atoms with Crippen molar-refractivity contribution in [2.45, 2.75) is 6.92 Å². The molecule has 0 spiro atoms. The SMILES string of the molecule is CNc1ccc(N=Nc2ccc(C(C)=O)cc2)cc1. The van der Waals surface area contributed by atoms with Gasteiger partial charge in [0.25, 0.3) is 0 Å². The number of hydrogen-bond acceptors (Lipinski definition) is 4. The van der Waals surface area contributed by atoms with Gasteiger partial charge in [-0.3, -0.25) is 4.79 Å². The van der Waals surface area contributed by atoms with Crippen LogP contribution in [0.2, 0.25) is 0 Å². The van der Waals surface area contributed by atoms with E-state index in [-0.39, 0.29) is 5.78 Å². The van der Waals surface area contributed by atoms with Crippen LogP contribution in [0, 0.1) is 0 Å². The molecule has 0 unspecified atom stereocenters. The van der Waals surface area contributed by atoms with E-state index in [0.717, 1.165) is 17.1 Å². The second-order valence-corrected chi connectivity index (χ2v) is 4.10. The minimum atomic E-state index is 0.0474. The lowest BCUT2D eigenvalue weighted by molar-refractivity contribution is 0.101. The highest BCUT2D eigenvalue weighted by Gasteiger charge is 1.98. The van der Waals surface area contributed by atoms with Crippen LogP contribution in [-0.4, -0.2) is 12.8 Å². The summed E-state index contributed by atoms with van der Waals surface area (Å²) < 4.78 is 0. The van der Waals surface area contributed by atoms with E-state index in [4.69, 9.17) is 0 Å². The topological polar surface area (TPSA) is 53.8 Å². The van der Waals surface area contributed by atoms with Gasteiger partial charge in [-0.15, -0.1) is 0 Å². The standard InChI is InChI=1S/C15H15N3O/c1-11(19)12-3-5-14(6-4-12)17-18-15-9-7-13(16-2)8-10-15/h3-10,16H,1-2H3. The molecule has 4 nitrogen and oxygen atoms in total. The van der Waals surface area contributed by atoms with Gasteiger partial charge in [0.15, 0.2) is 5.78 Å². The Hall–Kier alpha value is -2.49. The van der Waals surface area contributed by atoms with Crippen LogP contribution in [-0.2, 0) is 0 Å². The molecule has 2 rings (SSSR count). The largest absolute Gasteiger partial charge is 0.388 e. The molecule has 96 valence electrons. The Balaban J connectivity index is 2.10. The summed E-state index contributed by atoms with van der Waals surface area (Å²) in [7, 11) is 1.87. The minimum absolute atomic E-state index is 0.0474. The number of carbonyl (C=O) groups is 1. The predicted octanol–water partition coefficient (Wildman–Crippen LogP) is 4.35. The van der Waals surface area contributed by atoms with E-state index in [9.17, 15) is 4.79 Å². The molecule has 0 heterocycles. The Morgan fingerprint density at radius 1 is 0.895 bits per heavy atom. The van der Waals surface area contributed by atoms with Gasteiger partial charge < -0.3 is 5.32 Å². The second kappa shape index (κ2) is 5.91. The van der Waals surface area contributed by atoms with Crippen molar-refractivity contribution in [3.63, 3.8) is 0 Å². The second-order valence-electron chi connectivity index (χ2n) is 4.10. The fourth-order valence-electron chi connectivity index (χ4n) is 1.57. The molecule has 0 atom stereocenters. The maximum Gasteiger partial charge on any atom is 0.159 e. The average molecular weight is 253 g/mol. The lowest BCUT2D eigenvalue weighted by atomic mass is 10.1. The van der Waals surface area contributed by atoms with Gasteiger partial charge in [0.2, 0.25) is 0 Å². The molecule has 0 saturated heterocycles. The summed E-state index contributed by atoms with van der Waals surface area (Å²) >= 11 is 0. The van der Waals surface area contributed by atoms with E-state index >= 15 is 0 Å². The molecular weight excluding hydrogens is 238 g/mol. The fourth-order valence-corrected chi connectivity index (χ4v) is 1.57. The first kappa shape index (κ1) is 13.0. The van der Waals surface area contributed by atoms with Crippen LogP contribution < -0.4 is 5.32 Å². The van der Waals surface area contributed by atoms with Crippen molar-refractivity contribution in [3.05, 3.63) is 54.1 Å². The highest BCUT2D eigenvalue weighted by atomic mass is 16.1. The zero-order valence-corrected chi connectivity index (χ0v) is 10.9. The normalized spacial score (nSPS) is 10.6. The van der Waals surface area contributed by atoms with E-state index in [1.807, 2.05) is 31.3 Å². The summed E-state index contributed by atoms with van der Waals surface area (Å²) in [6, 6.07) is 14.7. The number of Topliss-reactive ketones (excluding diaryl/α,β-unsaturated/α-hetero) is 1. The summed E-state index contributed by atoms with van der Waals surface area (Å²) in [6.07, 6.45) is 0. The maximum atomic E-state index is 11.1. The van der Waals surface area contributed by atoms with Gasteiger partial charge >= 0.3 is 0 Å². The molecule has 0 aliphatic heterocycles. The van der Waals surface area contributed by atoms with Crippen molar-refractivity contribution in [2.24, 2.45) is 10.2 Å². The van der Waals surface area contributed by atoms with Crippen molar-refractivity contribution in [2.75, 3.05) is 12.4 Å². The molecule has 1 N–H and O–H groups in total. The van der Waals surface area contributed by atoms with Crippen LogP contribution in [0.15, 0.2) is 58.8 Å². The molecule has 0 radical (unpaired) electrons. The number of azo groups is 1. The van der Waals surface area contributed by atoms with Gasteiger partial charge in [0.05, 0.1) is 11.4 Å². The number of carbonyl (C=O) groups excluding carboxylic acids is 1. The van der Waals surface area contributed by atoms with Crippen molar-refractivity contribution in [1.82, 2.24) is 0 Å². The number of anilines is 1. The summed E-state index contributed by atoms with van der Waals surface area (Å²) in [5, 5.41) is 11.3. The Labute approximate surface area is 112 Å². The van der Waals surface area contributed by atoms with E-state index in [0.29, 0.717) is 5.56 Å². The highest BCUT2D eigenvalue weighted by Crippen LogP contribution is 2.20. The van der Waals surface area contributed by atoms with Crippen molar-refractivity contribution >= 4 is 22.8 Å².